The van der Waals surface area contributed by atoms with Crippen molar-refractivity contribution in [3.63, 3.8) is 0 Å². The Balaban J connectivity index is 1.85. The van der Waals surface area contributed by atoms with Crippen molar-refractivity contribution < 1.29 is 0 Å². The third kappa shape index (κ3) is 0.999. The lowest BCUT2D eigenvalue weighted by Crippen LogP contribution is -2.02. The van der Waals surface area contributed by atoms with Gasteiger partial charge in [-0.15, -0.1) is 10.2 Å². The Morgan fingerprint density at radius 1 is 1.41 bits per heavy atom. The molecule has 2 aliphatic rings. The number of hydrogen-bond donors (Lipinski definition) is 2. The Hall–Kier alpha value is -1.98. The van der Waals surface area contributed by atoms with E-state index in [1.165, 1.54) is 17.7 Å². The fraction of sp³-hybridized carbons (Fsp3) is 0.455. The molecular weight excluding hydrogens is 216 g/mol. The van der Waals surface area contributed by atoms with Crippen molar-refractivity contribution in [2.24, 2.45) is 5.92 Å². The first kappa shape index (κ1) is 9.09. The van der Waals surface area contributed by atoms with E-state index in [2.05, 4.69) is 49.9 Å². The fourth-order valence-corrected chi connectivity index (χ4v) is 3.14. The number of nitrogens with one attached hydrogen (secondary N) is 2. The first-order valence-electron chi connectivity index (χ1n) is 5.80. The SMILES string of the molecule is C/C=C\C12CC1Cc1c(-c3nn[nH]n3)n[nH]c12. The van der Waals surface area contributed by atoms with E-state index in [9.17, 15) is 0 Å². The molecule has 0 aromatic carbocycles. The zero-order chi connectivity index (χ0) is 11.5. The van der Waals surface area contributed by atoms with Crippen molar-refractivity contribution in [1.29, 1.82) is 0 Å². The number of allylic oxidation sites excluding steroid dienone is 2. The Kier molecular flexibility index (Phi) is 1.51. The molecule has 0 bridgehead atoms. The summed E-state index contributed by atoms with van der Waals surface area (Å²) in [6.45, 7) is 2.07. The highest BCUT2D eigenvalue weighted by atomic mass is 15.5. The molecule has 2 aromatic heterocycles. The third-order valence-electron chi connectivity index (χ3n) is 3.96. The monoisotopic (exact) mass is 228 g/mol. The molecule has 0 radical (unpaired) electrons. The Morgan fingerprint density at radius 2 is 2.35 bits per heavy atom. The van der Waals surface area contributed by atoms with Crippen LogP contribution in [0.3, 0.4) is 0 Å². The summed E-state index contributed by atoms with van der Waals surface area (Å²) < 4.78 is 0. The van der Waals surface area contributed by atoms with Gasteiger partial charge in [0.05, 0.1) is 0 Å². The summed E-state index contributed by atoms with van der Waals surface area (Å²) >= 11 is 0. The molecule has 2 atom stereocenters. The highest BCUT2D eigenvalue weighted by Gasteiger charge is 2.60. The summed E-state index contributed by atoms with van der Waals surface area (Å²) in [5.74, 6) is 1.31. The van der Waals surface area contributed by atoms with Gasteiger partial charge in [-0.05, 0) is 30.9 Å². The molecule has 17 heavy (non-hydrogen) atoms. The van der Waals surface area contributed by atoms with E-state index in [-0.39, 0.29) is 5.41 Å². The molecule has 0 saturated heterocycles. The minimum Gasteiger partial charge on any atom is -0.281 e. The Morgan fingerprint density at radius 3 is 3.12 bits per heavy atom. The maximum absolute atomic E-state index is 4.34. The predicted octanol–water partition coefficient (Wildman–Crippen LogP) is 0.980. The maximum atomic E-state index is 4.34. The number of aromatic amines is 2. The van der Waals surface area contributed by atoms with Crippen LogP contribution in [0.25, 0.3) is 11.5 Å². The highest BCUT2D eigenvalue weighted by molar-refractivity contribution is 5.62. The largest absolute Gasteiger partial charge is 0.281 e. The van der Waals surface area contributed by atoms with Crippen LogP contribution < -0.4 is 0 Å². The number of nitrogens with zero attached hydrogens (tertiary/aromatic N) is 4. The molecule has 2 heterocycles. The van der Waals surface area contributed by atoms with E-state index in [0.717, 1.165) is 18.0 Å². The zero-order valence-corrected chi connectivity index (χ0v) is 9.44. The molecule has 0 aliphatic heterocycles. The van der Waals surface area contributed by atoms with Crippen LogP contribution >= 0.6 is 0 Å². The van der Waals surface area contributed by atoms with Crippen LogP contribution in [0.2, 0.25) is 0 Å². The summed E-state index contributed by atoms with van der Waals surface area (Å²) in [7, 11) is 0. The minimum absolute atomic E-state index is 0.221. The summed E-state index contributed by atoms with van der Waals surface area (Å²) in [6.07, 6.45) is 6.73. The van der Waals surface area contributed by atoms with E-state index in [4.69, 9.17) is 0 Å². The minimum atomic E-state index is 0.221. The van der Waals surface area contributed by atoms with E-state index in [1.54, 1.807) is 0 Å². The van der Waals surface area contributed by atoms with Crippen LogP contribution in [0.4, 0.5) is 0 Å². The van der Waals surface area contributed by atoms with Crippen molar-refractivity contribution in [2.75, 3.05) is 0 Å². The van der Waals surface area contributed by atoms with Crippen LogP contribution in [-0.4, -0.2) is 30.8 Å². The zero-order valence-electron chi connectivity index (χ0n) is 9.44. The number of aromatic nitrogens is 6. The van der Waals surface area contributed by atoms with Gasteiger partial charge in [-0.3, -0.25) is 5.10 Å². The summed E-state index contributed by atoms with van der Waals surface area (Å²) in [5.41, 5.74) is 3.59. The van der Waals surface area contributed by atoms with Crippen LogP contribution in [0.15, 0.2) is 12.2 Å². The summed E-state index contributed by atoms with van der Waals surface area (Å²) in [5, 5.41) is 21.6. The Bertz CT molecular complexity index is 596. The van der Waals surface area contributed by atoms with Crippen molar-refractivity contribution in [1.82, 2.24) is 30.8 Å². The van der Waals surface area contributed by atoms with E-state index in [1.807, 2.05) is 0 Å². The first-order chi connectivity index (χ1) is 8.35. The topological polar surface area (TPSA) is 83.1 Å². The lowest BCUT2D eigenvalue weighted by Gasteiger charge is -2.04. The van der Waals surface area contributed by atoms with Crippen molar-refractivity contribution in [3.05, 3.63) is 23.4 Å². The van der Waals surface area contributed by atoms with Crippen molar-refractivity contribution in [3.8, 4) is 11.5 Å². The van der Waals surface area contributed by atoms with Gasteiger partial charge in [0, 0.05) is 16.7 Å². The van der Waals surface area contributed by atoms with Gasteiger partial charge in [0.2, 0.25) is 5.82 Å². The predicted molar refractivity (Wildman–Crippen MR) is 60.1 cm³/mol. The summed E-state index contributed by atoms with van der Waals surface area (Å²) in [6, 6.07) is 0. The van der Waals surface area contributed by atoms with E-state index < -0.39 is 0 Å². The quantitative estimate of drug-likeness (QED) is 0.750. The molecular formula is C11H12N6. The molecule has 4 rings (SSSR count). The van der Waals surface area contributed by atoms with Crippen LogP contribution in [0, 0.1) is 5.92 Å². The molecule has 86 valence electrons. The molecule has 2 aliphatic carbocycles. The molecule has 2 unspecified atom stereocenters. The molecule has 0 spiro atoms. The van der Waals surface area contributed by atoms with Gasteiger partial charge >= 0.3 is 0 Å². The summed E-state index contributed by atoms with van der Waals surface area (Å²) in [4.78, 5) is 0. The second-order valence-electron chi connectivity index (χ2n) is 4.81. The van der Waals surface area contributed by atoms with Crippen LogP contribution in [0.1, 0.15) is 24.6 Å². The molecule has 6 nitrogen and oxygen atoms in total. The number of tetrazole rings is 1. The van der Waals surface area contributed by atoms with E-state index in [0.29, 0.717) is 5.82 Å². The molecule has 6 heteroatoms. The van der Waals surface area contributed by atoms with E-state index >= 15 is 0 Å². The van der Waals surface area contributed by atoms with Gasteiger partial charge in [-0.1, -0.05) is 12.2 Å². The van der Waals surface area contributed by atoms with Crippen LogP contribution in [0.5, 0.6) is 0 Å². The average molecular weight is 228 g/mol. The van der Waals surface area contributed by atoms with Gasteiger partial charge < -0.3 is 0 Å². The Labute approximate surface area is 97.5 Å². The molecule has 0 amide bonds. The highest BCUT2D eigenvalue weighted by Crippen LogP contribution is 2.63. The van der Waals surface area contributed by atoms with Gasteiger partial charge in [0.25, 0.3) is 0 Å². The number of rotatable bonds is 2. The molecule has 1 saturated carbocycles. The first-order valence-corrected chi connectivity index (χ1v) is 5.80. The lowest BCUT2D eigenvalue weighted by atomic mass is 10.0. The average Bonchev–Trinajstić information content (AvgIpc) is 2.79. The van der Waals surface area contributed by atoms with Gasteiger partial charge in [-0.25, -0.2) is 0 Å². The normalized spacial score (nSPS) is 29.6. The fourth-order valence-electron chi connectivity index (χ4n) is 3.14. The maximum Gasteiger partial charge on any atom is 0.225 e. The number of fused-ring (bicyclic) bond motifs is 3. The van der Waals surface area contributed by atoms with Gasteiger partial charge in [0.1, 0.15) is 5.69 Å². The standard InChI is InChI=1S/C11H12N6/c1-2-3-11-5-6(11)4-7-8(12-13-9(7)11)10-14-16-17-15-10/h2-3,6H,4-5H2,1H3,(H,12,13)(H,14,15,16,17)/b3-2-. The molecule has 2 N–H and O–H groups in total. The van der Waals surface area contributed by atoms with Crippen LogP contribution in [-0.2, 0) is 11.8 Å². The molecule has 2 aromatic rings. The smallest absolute Gasteiger partial charge is 0.225 e. The van der Waals surface area contributed by atoms with Gasteiger partial charge in [-0.2, -0.15) is 10.3 Å². The third-order valence-corrected chi connectivity index (χ3v) is 3.96. The number of hydrogen-bond acceptors (Lipinski definition) is 4. The lowest BCUT2D eigenvalue weighted by molar-refractivity contribution is 0.752. The second-order valence-corrected chi connectivity index (χ2v) is 4.81. The molecule has 1 fully saturated rings. The van der Waals surface area contributed by atoms with Crippen molar-refractivity contribution >= 4 is 0 Å². The number of H-pyrrole nitrogens is 2. The van der Waals surface area contributed by atoms with Crippen molar-refractivity contribution in [2.45, 2.75) is 25.2 Å². The van der Waals surface area contributed by atoms with Gasteiger partial charge in [0.15, 0.2) is 0 Å². The second kappa shape index (κ2) is 2.82.